The third-order valence-electron chi connectivity index (χ3n) is 7.26. The molecule has 5 unspecified atom stereocenters. The maximum Gasteiger partial charge on any atom is 0.238 e. The molecule has 0 radical (unpaired) electrons. The highest BCUT2D eigenvalue weighted by Crippen LogP contribution is 2.70. The van der Waals surface area contributed by atoms with E-state index in [1.807, 2.05) is 45.9 Å². The molecule has 4 aliphatic rings. The molecule has 3 heterocycles. The van der Waals surface area contributed by atoms with E-state index < -0.39 is 24.6 Å². The van der Waals surface area contributed by atoms with Gasteiger partial charge in [0, 0.05) is 22.4 Å². The van der Waals surface area contributed by atoms with Crippen LogP contribution in [0.15, 0.2) is 53.1 Å². The fraction of sp³-hybridized carbons (Fsp3) is 0.360. The summed E-state index contributed by atoms with van der Waals surface area (Å²) < 4.78 is 14.8. The van der Waals surface area contributed by atoms with Gasteiger partial charge in [-0.2, -0.15) is 0 Å². The standard InChI is InChI=1S/C25H25ClNO3P/c1-13-10-14(2)22(15(3)11-13)31(30)12-18-19-20(23(31)16(4)21(18)26)25(29)27(24(19)28)17-8-6-5-7-9-17/h5-11,18-20,23H,12H2,1-4H3. The van der Waals surface area contributed by atoms with E-state index >= 15 is 0 Å². The third-order valence-corrected chi connectivity index (χ3v) is 11.8. The zero-order valence-corrected chi connectivity index (χ0v) is 19.7. The second kappa shape index (κ2) is 6.92. The van der Waals surface area contributed by atoms with Crippen LogP contribution in [0.2, 0.25) is 0 Å². The largest absolute Gasteiger partial charge is 0.318 e. The normalized spacial score (nSPS) is 32.1. The smallest absolute Gasteiger partial charge is 0.238 e. The van der Waals surface area contributed by atoms with E-state index in [2.05, 4.69) is 12.1 Å². The van der Waals surface area contributed by atoms with Crippen LogP contribution in [0.25, 0.3) is 0 Å². The molecular weight excluding hydrogens is 429 g/mol. The first-order valence-corrected chi connectivity index (χ1v) is 13.0. The third kappa shape index (κ3) is 2.71. The van der Waals surface area contributed by atoms with Crippen molar-refractivity contribution in [3.8, 4) is 0 Å². The van der Waals surface area contributed by atoms with Gasteiger partial charge in [-0.15, -0.1) is 0 Å². The van der Waals surface area contributed by atoms with Crippen LogP contribution in [0.3, 0.4) is 0 Å². The molecule has 0 N–H and O–H groups in total. The Bertz CT molecular complexity index is 1200. The van der Waals surface area contributed by atoms with Crippen molar-refractivity contribution < 1.29 is 14.2 Å². The fourth-order valence-electron chi connectivity index (χ4n) is 6.33. The number of halogens is 1. The Hall–Kier alpha value is -2.16. The highest BCUT2D eigenvalue weighted by molar-refractivity contribution is 7.73. The topological polar surface area (TPSA) is 54.5 Å². The molecule has 2 fully saturated rings. The minimum atomic E-state index is -3.01. The van der Waals surface area contributed by atoms with Crippen LogP contribution in [-0.4, -0.2) is 23.6 Å². The van der Waals surface area contributed by atoms with Crippen molar-refractivity contribution in [3.63, 3.8) is 0 Å². The Morgan fingerprint density at radius 2 is 1.52 bits per heavy atom. The maximum absolute atomic E-state index is 14.8. The first-order valence-electron chi connectivity index (χ1n) is 10.6. The van der Waals surface area contributed by atoms with Gasteiger partial charge in [0.2, 0.25) is 11.8 Å². The van der Waals surface area contributed by atoms with E-state index in [0.717, 1.165) is 27.6 Å². The summed E-state index contributed by atoms with van der Waals surface area (Å²) >= 11 is 6.73. The SMILES string of the molecule is CC1=C(Cl)C2CP(=O)(c3c(C)cc(C)cc3C)C1C1C(=O)N(c3ccccc3)C(=O)C21. The fourth-order valence-corrected chi connectivity index (χ4v) is 11.4. The van der Waals surface area contributed by atoms with Crippen LogP contribution in [0.5, 0.6) is 0 Å². The highest BCUT2D eigenvalue weighted by atomic mass is 35.5. The Labute approximate surface area is 187 Å². The number of aryl methyl sites for hydroxylation is 3. The minimum absolute atomic E-state index is 0.217. The van der Waals surface area contributed by atoms with E-state index in [0.29, 0.717) is 16.9 Å². The van der Waals surface area contributed by atoms with Gasteiger partial charge in [0.1, 0.15) is 7.14 Å². The lowest BCUT2D eigenvalue weighted by Gasteiger charge is -2.48. The van der Waals surface area contributed by atoms with Crippen LogP contribution >= 0.6 is 18.7 Å². The molecule has 1 aliphatic carbocycles. The number of allylic oxidation sites excluding steroid dienone is 2. The van der Waals surface area contributed by atoms with Crippen LogP contribution in [0.4, 0.5) is 5.69 Å². The second-order valence-corrected chi connectivity index (χ2v) is 12.6. The molecule has 6 rings (SSSR count). The number of carbonyl (C=O) groups excluding carboxylic acids is 2. The second-order valence-electron chi connectivity index (χ2n) is 9.21. The number of anilines is 1. The van der Waals surface area contributed by atoms with Gasteiger partial charge in [-0.1, -0.05) is 47.5 Å². The van der Waals surface area contributed by atoms with Crippen molar-refractivity contribution in [2.24, 2.45) is 17.8 Å². The molecule has 6 heteroatoms. The monoisotopic (exact) mass is 453 g/mol. The average molecular weight is 454 g/mol. The summed E-state index contributed by atoms with van der Waals surface area (Å²) in [6.45, 7) is 7.91. The van der Waals surface area contributed by atoms with Gasteiger partial charge in [0.25, 0.3) is 0 Å². The summed E-state index contributed by atoms with van der Waals surface area (Å²) in [5.74, 6) is -2.01. The number of fused-ring (bicyclic) bond motifs is 1. The number of hydrogen-bond donors (Lipinski definition) is 0. The molecule has 0 spiro atoms. The molecule has 0 aromatic heterocycles. The van der Waals surface area contributed by atoms with Gasteiger partial charge in [-0.05, 0) is 56.5 Å². The lowest BCUT2D eigenvalue weighted by Crippen LogP contribution is -2.49. The van der Waals surface area contributed by atoms with Crippen molar-refractivity contribution >= 4 is 41.5 Å². The highest BCUT2D eigenvalue weighted by Gasteiger charge is 2.66. The average Bonchev–Trinajstić information content (AvgIpc) is 2.96. The summed E-state index contributed by atoms with van der Waals surface area (Å²) in [6.07, 6.45) is 0.349. The zero-order chi connectivity index (χ0) is 22.2. The Kier molecular flexibility index (Phi) is 4.63. The van der Waals surface area contributed by atoms with Crippen LogP contribution < -0.4 is 10.2 Å². The number of hydrogen-bond acceptors (Lipinski definition) is 3. The summed E-state index contributed by atoms with van der Waals surface area (Å²) in [6, 6.07) is 13.1. The van der Waals surface area contributed by atoms with Crippen molar-refractivity contribution in [1.82, 2.24) is 0 Å². The summed E-state index contributed by atoms with van der Waals surface area (Å²) in [5, 5.41) is 1.49. The molecule has 3 aliphatic heterocycles. The van der Waals surface area contributed by atoms with Crippen LogP contribution in [0, 0.1) is 38.5 Å². The molecule has 2 aromatic carbocycles. The van der Waals surface area contributed by atoms with Gasteiger partial charge in [-0.3, -0.25) is 14.5 Å². The van der Waals surface area contributed by atoms with E-state index in [1.54, 1.807) is 12.1 Å². The number of amides is 2. The molecule has 160 valence electrons. The molecule has 4 nitrogen and oxygen atoms in total. The predicted octanol–water partition coefficient (Wildman–Crippen LogP) is 4.93. The molecular formula is C25H25ClNO3P. The molecule has 2 amide bonds. The van der Waals surface area contributed by atoms with Crippen molar-refractivity contribution in [2.75, 3.05) is 11.1 Å². The van der Waals surface area contributed by atoms with Gasteiger partial charge < -0.3 is 4.57 Å². The number of imide groups is 1. The quantitative estimate of drug-likeness (QED) is 0.478. The zero-order valence-electron chi connectivity index (χ0n) is 18.1. The van der Waals surface area contributed by atoms with Crippen molar-refractivity contribution in [2.45, 2.75) is 33.4 Å². The van der Waals surface area contributed by atoms with Crippen LogP contribution in [0.1, 0.15) is 23.6 Å². The molecule has 2 bridgehead atoms. The van der Waals surface area contributed by atoms with Crippen molar-refractivity contribution in [1.29, 1.82) is 0 Å². The first kappa shape index (κ1) is 20.7. The molecule has 5 atom stereocenters. The molecule has 2 saturated heterocycles. The van der Waals surface area contributed by atoms with E-state index in [1.165, 1.54) is 4.90 Å². The lowest BCUT2D eigenvalue weighted by atomic mass is 9.74. The van der Waals surface area contributed by atoms with Gasteiger partial charge >= 0.3 is 0 Å². The number of carbonyl (C=O) groups is 2. The molecule has 2 aromatic rings. The number of para-hydroxylation sites is 1. The number of benzene rings is 2. The Morgan fingerprint density at radius 3 is 2.13 bits per heavy atom. The van der Waals surface area contributed by atoms with E-state index in [-0.39, 0.29) is 17.7 Å². The minimum Gasteiger partial charge on any atom is -0.318 e. The Morgan fingerprint density at radius 1 is 0.935 bits per heavy atom. The first-order chi connectivity index (χ1) is 14.7. The summed E-state index contributed by atoms with van der Waals surface area (Å²) in [4.78, 5) is 28.4. The van der Waals surface area contributed by atoms with E-state index in [4.69, 9.17) is 11.6 Å². The van der Waals surface area contributed by atoms with Gasteiger partial charge in [0.05, 0.1) is 23.2 Å². The predicted molar refractivity (Wildman–Crippen MR) is 125 cm³/mol. The van der Waals surface area contributed by atoms with Gasteiger partial charge in [-0.25, -0.2) is 0 Å². The van der Waals surface area contributed by atoms with Crippen molar-refractivity contribution in [3.05, 3.63) is 69.8 Å². The summed E-state index contributed by atoms with van der Waals surface area (Å²) in [7, 11) is -3.01. The maximum atomic E-state index is 14.8. The summed E-state index contributed by atoms with van der Waals surface area (Å²) in [5.41, 5.74) is 3.96. The number of rotatable bonds is 2. The Balaban J connectivity index is 1.69. The molecule has 31 heavy (non-hydrogen) atoms. The van der Waals surface area contributed by atoms with E-state index in [9.17, 15) is 14.2 Å². The van der Waals surface area contributed by atoms with Crippen LogP contribution in [-0.2, 0) is 14.2 Å². The number of nitrogens with zero attached hydrogens (tertiary/aromatic N) is 1. The lowest BCUT2D eigenvalue weighted by molar-refractivity contribution is -0.122. The molecule has 0 saturated carbocycles. The van der Waals surface area contributed by atoms with Gasteiger partial charge in [0.15, 0.2) is 0 Å².